The van der Waals surface area contributed by atoms with Crippen LogP contribution in [0.2, 0.25) is 0 Å². The number of carboxylic acids is 1. The van der Waals surface area contributed by atoms with Gasteiger partial charge in [-0.15, -0.1) is 0 Å². The summed E-state index contributed by atoms with van der Waals surface area (Å²) in [5, 5.41) is 14.4. The highest BCUT2D eigenvalue weighted by Gasteiger charge is 2.30. The number of methoxy groups -OCH3 is 1. The van der Waals surface area contributed by atoms with E-state index in [1.165, 1.54) is 5.69 Å². The second kappa shape index (κ2) is 8.47. The number of benzene rings is 1. The number of nitrogens with zero attached hydrogens (tertiary/aromatic N) is 3. The first-order valence-corrected chi connectivity index (χ1v) is 9.96. The number of ether oxygens (including phenoxy) is 1. The smallest absolute Gasteiger partial charge is 0.303 e. The topological polar surface area (TPSA) is 77.2 Å². The standard InChI is InChI=1S/C23H25N3O3/c1-29-19-7-5-16(6-8-19)13-20-23-18(14-22(27)28)3-2-4-21(23)26(25-20)15-17-9-11-24-12-10-17/h5-12,18H,2-4,13-15H2,1H3,(H,27,28). The van der Waals surface area contributed by atoms with Crippen LogP contribution in [0.25, 0.3) is 0 Å². The number of pyridine rings is 1. The van der Waals surface area contributed by atoms with Gasteiger partial charge in [0.05, 0.1) is 25.8 Å². The van der Waals surface area contributed by atoms with Crippen LogP contribution in [0.3, 0.4) is 0 Å². The Kier molecular flexibility index (Phi) is 5.60. The maximum absolute atomic E-state index is 11.5. The van der Waals surface area contributed by atoms with Crippen molar-refractivity contribution in [2.24, 2.45) is 0 Å². The van der Waals surface area contributed by atoms with Crippen molar-refractivity contribution < 1.29 is 14.6 Å². The second-order valence-electron chi connectivity index (χ2n) is 7.53. The van der Waals surface area contributed by atoms with Crippen molar-refractivity contribution in [2.75, 3.05) is 7.11 Å². The quantitative estimate of drug-likeness (QED) is 0.662. The molecule has 0 fully saturated rings. The molecule has 1 aliphatic rings. The van der Waals surface area contributed by atoms with Crippen LogP contribution in [-0.2, 0) is 24.2 Å². The number of fused-ring (bicyclic) bond motifs is 1. The Labute approximate surface area is 170 Å². The van der Waals surface area contributed by atoms with Crippen molar-refractivity contribution in [2.45, 2.75) is 44.6 Å². The Morgan fingerprint density at radius 1 is 1.17 bits per heavy atom. The molecule has 150 valence electrons. The predicted molar refractivity (Wildman–Crippen MR) is 109 cm³/mol. The summed E-state index contributed by atoms with van der Waals surface area (Å²) in [4.78, 5) is 15.6. The zero-order chi connectivity index (χ0) is 20.2. The Morgan fingerprint density at radius 2 is 1.93 bits per heavy atom. The van der Waals surface area contributed by atoms with Gasteiger partial charge in [-0.3, -0.25) is 14.5 Å². The summed E-state index contributed by atoms with van der Waals surface area (Å²) >= 11 is 0. The Morgan fingerprint density at radius 3 is 2.62 bits per heavy atom. The molecular weight excluding hydrogens is 366 g/mol. The molecule has 6 nitrogen and oxygen atoms in total. The van der Waals surface area contributed by atoms with Gasteiger partial charge in [0, 0.05) is 30.1 Å². The van der Waals surface area contributed by atoms with Crippen molar-refractivity contribution in [3.63, 3.8) is 0 Å². The van der Waals surface area contributed by atoms with E-state index in [1.807, 2.05) is 36.4 Å². The van der Waals surface area contributed by atoms with Crippen LogP contribution < -0.4 is 4.74 Å². The molecule has 0 aliphatic heterocycles. The van der Waals surface area contributed by atoms with Crippen molar-refractivity contribution in [1.29, 1.82) is 0 Å². The molecule has 2 aromatic heterocycles. The Hall–Kier alpha value is -3.15. The second-order valence-corrected chi connectivity index (χ2v) is 7.53. The van der Waals surface area contributed by atoms with Crippen molar-refractivity contribution >= 4 is 5.97 Å². The molecule has 0 saturated heterocycles. The fourth-order valence-corrected chi connectivity index (χ4v) is 4.23. The number of hydrogen-bond acceptors (Lipinski definition) is 4. The molecule has 1 N–H and O–H groups in total. The van der Waals surface area contributed by atoms with Crippen LogP contribution in [0.5, 0.6) is 5.75 Å². The van der Waals surface area contributed by atoms with E-state index in [0.29, 0.717) is 13.0 Å². The molecule has 0 amide bonds. The maximum Gasteiger partial charge on any atom is 0.303 e. The summed E-state index contributed by atoms with van der Waals surface area (Å²) in [7, 11) is 1.66. The lowest BCUT2D eigenvalue weighted by atomic mass is 9.82. The summed E-state index contributed by atoms with van der Waals surface area (Å²) in [5.74, 6) is 0.0959. The van der Waals surface area contributed by atoms with E-state index in [9.17, 15) is 9.90 Å². The first kappa shape index (κ1) is 19.2. The lowest BCUT2D eigenvalue weighted by Crippen LogP contribution is -2.16. The number of carboxylic acid groups (broad SMARTS) is 1. The SMILES string of the molecule is COc1ccc(Cc2nn(Cc3ccncc3)c3c2C(CC(=O)O)CCC3)cc1. The summed E-state index contributed by atoms with van der Waals surface area (Å²) < 4.78 is 7.32. The highest BCUT2D eigenvalue weighted by molar-refractivity contribution is 5.68. The minimum absolute atomic E-state index is 0.0238. The van der Waals surface area contributed by atoms with Gasteiger partial charge < -0.3 is 9.84 Å². The van der Waals surface area contributed by atoms with Crippen LogP contribution in [0.15, 0.2) is 48.8 Å². The Bertz CT molecular complexity index is 981. The van der Waals surface area contributed by atoms with Gasteiger partial charge >= 0.3 is 5.97 Å². The first-order chi connectivity index (χ1) is 14.1. The van der Waals surface area contributed by atoms with Gasteiger partial charge in [0.2, 0.25) is 0 Å². The molecule has 1 aliphatic carbocycles. The number of carbonyl (C=O) groups is 1. The fraction of sp³-hybridized carbons (Fsp3) is 0.348. The lowest BCUT2D eigenvalue weighted by molar-refractivity contribution is -0.137. The van der Waals surface area contributed by atoms with E-state index in [4.69, 9.17) is 9.84 Å². The third-order valence-corrected chi connectivity index (χ3v) is 5.58. The molecule has 2 heterocycles. The van der Waals surface area contributed by atoms with E-state index in [2.05, 4.69) is 9.67 Å². The molecule has 0 bridgehead atoms. The zero-order valence-corrected chi connectivity index (χ0v) is 16.5. The van der Waals surface area contributed by atoms with Gasteiger partial charge in [0.1, 0.15) is 5.75 Å². The minimum atomic E-state index is -0.750. The monoisotopic (exact) mass is 391 g/mol. The van der Waals surface area contributed by atoms with Gasteiger partial charge in [-0.25, -0.2) is 0 Å². The molecule has 1 aromatic carbocycles. The van der Waals surface area contributed by atoms with Crippen LogP contribution in [0.1, 0.15) is 53.3 Å². The number of aromatic nitrogens is 3. The molecular formula is C23H25N3O3. The Balaban J connectivity index is 1.71. The largest absolute Gasteiger partial charge is 0.497 e. The van der Waals surface area contributed by atoms with Crippen LogP contribution >= 0.6 is 0 Å². The average Bonchev–Trinajstić information content (AvgIpc) is 3.07. The molecule has 1 unspecified atom stereocenters. The summed E-state index contributed by atoms with van der Waals surface area (Å²) in [6, 6.07) is 12.0. The van der Waals surface area contributed by atoms with Crippen LogP contribution in [0, 0.1) is 0 Å². The predicted octanol–water partition coefficient (Wildman–Crippen LogP) is 3.82. The van der Waals surface area contributed by atoms with E-state index in [1.54, 1.807) is 19.5 Å². The van der Waals surface area contributed by atoms with Crippen molar-refractivity contribution in [3.05, 3.63) is 76.9 Å². The third-order valence-electron chi connectivity index (χ3n) is 5.58. The molecule has 1 atom stereocenters. The normalized spacial score (nSPS) is 15.7. The van der Waals surface area contributed by atoms with E-state index < -0.39 is 5.97 Å². The van der Waals surface area contributed by atoms with E-state index in [-0.39, 0.29) is 12.3 Å². The zero-order valence-electron chi connectivity index (χ0n) is 16.5. The fourth-order valence-electron chi connectivity index (χ4n) is 4.23. The van der Waals surface area contributed by atoms with Crippen molar-refractivity contribution in [1.82, 2.24) is 14.8 Å². The molecule has 4 rings (SSSR count). The summed E-state index contributed by atoms with van der Waals surface area (Å²) in [6.07, 6.45) is 7.25. The molecule has 0 radical (unpaired) electrons. The minimum Gasteiger partial charge on any atom is -0.497 e. The van der Waals surface area contributed by atoms with Crippen LogP contribution in [-0.4, -0.2) is 33.0 Å². The van der Waals surface area contributed by atoms with Gasteiger partial charge in [-0.1, -0.05) is 12.1 Å². The highest BCUT2D eigenvalue weighted by atomic mass is 16.5. The van der Waals surface area contributed by atoms with Crippen molar-refractivity contribution in [3.8, 4) is 5.75 Å². The van der Waals surface area contributed by atoms with Gasteiger partial charge in [0.25, 0.3) is 0 Å². The number of rotatable bonds is 7. The number of hydrogen-bond donors (Lipinski definition) is 1. The maximum atomic E-state index is 11.5. The highest BCUT2D eigenvalue weighted by Crippen LogP contribution is 2.37. The van der Waals surface area contributed by atoms with E-state index >= 15 is 0 Å². The van der Waals surface area contributed by atoms with Crippen LogP contribution in [0.4, 0.5) is 0 Å². The average molecular weight is 391 g/mol. The first-order valence-electron chi connectivity index (χ1n) is 9.96. The molecule has 29 heavy (non-hydrogen) atoms. The third kappa shape index (κ3) is 4.31. The van der Waals surface area contributed by atoms with Gasteiger partial charge in [0.15, 0.2) is 0 Å². The van der Waals surface area contributed by atoms with Gasteiger partial charge in [-0.2, -0.15) is 5.10 Å². The molecule has 3 aromatic rings. The van der Waals surface area contributed by atoms with Gasteiger partial charge in [-0.05, 0) is 60.6 Å². The molecule has 0 saturated carbocycles. The molecule has 0 spiro atoms. The molecule has 6 heteroatoms. The number of aliphatic carboxylic acids is 1. The lowest BCUT2D eigenvalue weighted by Gasteiger charge is -2.23. The van der Waals surface area contributed by atoms with E-state index in [0.717, 1.165) is 47.4 Å². The summed E-state index contributed by atoms with van der Waals surface area (Å²) in [6.45, 7) is 0.674. The summed E-state index contributed by atoms with van der Waals surface area (Å²) in [5.41, 5.74) is 5.60.